The van der Waals surface area contributed by atoms with Gasteiger partial charge in [0.15, 0.2) is 0 Å². The molecule has 1 atom stereocenters. The molecule has 1 aromatic rings. The lowest BCUT2D eigenvalue weighted by Crippen LogP contribution is -2.35. The maximum absolute atomic E-state index is 3.73. The number of hydrogen-bond donors (Lipinski definition) is 1. The molecule has 1 aromatic carbocycles. The molecule has 1 heteroatoms. The summed E-state index contributed by atoms with van der Waals surface area (Å²) in [5.41, 5.74) is 5.94. The van der Waals surface area contributed by atoms with Gasteiger partial charge in [-0.2, -0.15) is 0 Å². The molecule has 90 valence electrons. The third kappa shape index (κ3) is 1.69. The van der Waals surface area contributed by atoms with Crippen molar-refractivity contribution >= 4 is 11.8 Å². The van der Waals surface area contributed by atoms with Crippen LogP contribution >= 0.6 is 0 Å². The van der Waals surface area contributed by atoms with Gasteiger partial charge < -0.3 is 5.32 Å². The molecular formula is C16H21N. The maximum atomic E-state index is 3.73. The van der Waals surface area contributed by atoms with Crippen LogP contribution in [0, 0.1) is 0 Å². The van der Waals surface area contributed by atoms with Gasteiger partial charge in [0.2, 0.25) is 0 Å². The molecule has 1 saturated carbocycles. The second kappa shape index (κ2) is 3.63. The van der Waals surface area contributed by atoms with Crippen molar-refractivity contribution < 1.29 is 0 Å². The summed E-state index contributed by atoms with van der Waals surface area (Å²) in [5, 5.41) is 3.73. The first-order valence-electron chi connectivity index (χ1n) is 6.72. The Kier molecular flexibility index (Phi) is 2.32. The minimum atomic E-state index is 0.229. The summed E-state index contributed by atoms with van der Waals surface area (Å²) < 4.78 is 0. The van der Waals surface area contributed by atoms with Gasteiger partial charge in [-0.1, -0.05) is 26.0 Å². The molecule has 1 nitrogen and oxygen atoms in total. The van der Waals surface area contributed by atoms with E-state index in [1.54, 1.807) is 5.57 Å². The molecule has 17 heavy (non-hydrogen) atoms. The van der Waals surface area contributed by atoms with Crippen LogP contribution in [0.3, 0.4) is 0 Å². The minimum absolute atomic E-state index is 0.229. The highest BCUT2D eigenvalue weighted by atomic mass is 15.0. The quantitative estimate of drug-likeness (QED) is 0.741. The van der Waals surface area contributed by atoms with Crippen molar-refractivity contribution in [2.24, 2.45) is 0 Å². The smallest absolute Gasteiger partial charge is 0.0560 e. The van der Waals surface area contributed by atoms with E-state index in [0.29, 0.717) is 5.92 Å². The Morgan fingerprint density at radius 3 is 2.88 bits per heavy atom. The average Bonchev–Trinajstić information content (AvgIpc) is 2.65. The summed E-state index contributed by atoms with van der Waals surface area (Å²) in [7, 11) is 0. The Hall–Kier alpha value is -1.24. The SMILES string of the molecule is CC(C)c1ccc2c(c1)C=C1CCCC1(C)N2. The largest absolute Gasteiger partial charge is 0.376 e. The van der Waals surface area contributed by atoms with Crippen LogP contribution in [-0.2, 0) is 0 Å². The fourth-order valence-corrected chi connectivity index (χ4v) is 3.10. The number of hydrogen-bond acceptors (Lipinski definition) is 1. The highest BCUT2D eigenvalue weighted by Gasteiger charge is 2.36. The van der Waals surface area contributed by atoms with E-state index in [2.05, 4.69) is 50.4 Å². The first-order chi connectivity index (χ1) is 8.08. The number of fused-ring (bicyclic) bond motifs is 2. The zero-order chi connectivity index (χ0) is 12.0. The van der Waals surface area contributed by atoms with Crippen molar-refractivity contribution in [3.63, 3.8) is 0 Å². The first kappa shape index (κ1) is 10.9. The van der Waals surface area contributed by atoms with Crippen LogP contribution in [0.15, 0.2) is 23.8 Å². The molecule has 1 fully saturated rings. The molecule has 1 aliphatic carbocycles. The second-order valence-corrected chi connectivity index (χ2v) is 5.98. The zero-order valence-corrected chi connectivity index (χ0v) is 11.0. The van der Waals surface area contributed by atoms with Gasteiger partial charge in [0.1, 0.15) is 0 Å². The van der Waals surface area contributed by atoms with Gasteiger partial charge >= 0.3 is 0 Å². The molecule has 1 aliphatic heterocycles. The van der Waals surface area contributed by atoms with Crippen LogP contribution < -0.4 is 5.32 Å². The van der Waals surface area contributed by atoms with E-state index in [9.17, 15) is 0 Å². The number of anilines is 1. The summed E-state index contributed by atoms with van der Waals surface area (Å²) in [6, 6.07) is 6.85. The van der Waals surface area contributed by atoms with Gasteiger partial charge in [0.25, 0.3) is 0 Å². The monoisotopic (exact) mass is 227 g/mol. The first-order valence-corrected chi connectivity index (χ1v) is 6.72. The van der Waals surface area contributed by atoms with Crippen LogP contribution in [-0.4, -0.2) is 5.54 Å². The molecule has 2 aliphatic rings. The lowest BCUT2D eigenvalue weighted by molar-refractivity contribution is 0.611. The Bertz CT molecular complexity index is 484. The summed E-state index contributed by atoms with van der Waals surface area (Å²) in [6.45, 7) is 6.85. The second-order valence-electron chi connectivity index (χ2n) is 5.98. The standard InChI is InChI=1S/C16H21N/c1-11(2)12-6-7-15-13(9-12)10-14-5-4-8-16(14,3)17-15/h6-7,9-11,17H,4-5,8H2,1-3H3. The van der Waals surface area contributed by atoms with Gasteiger partial charge in [-0.15, -0.1) is 0 Å². The number of benzene rings is 1. The lowest BCUT2D eigenvalue weighted by Gasteiger charge is -2.34. The van der Waals surface area contributed by atoms with Crippen molar-refractivity contribution in [3.05, 3.63) is 34.9 Å². The zero-order valence-electron chi connectivity index (χ0n) is 11.0. The topological polar surface area (TPSA) is 12.0 Å². The molecule has 3 rings (SSSR count). The number of rotatable bonds is 1. The Morgan fingerprint density at radius 1 is 1.29 bits per heavy atom. The van der Waals surface area contributed by atoms with Gasteiger partial charge in [0, 0.05) is 5.69 Å². The van der Waals surface area contributed by atoms with Crippen LogP contribution in [0.1, 0.15) is 57.1 Å². The van der Waals surface area contributed by atoms with Crippen molar-refractivity contribution in [1.29, 1.82) is 0 Å². The van der Waals surface area contributed by atoms with Gasteiger partial charge in [0.05, 0.1) is 5.54 Å². The molecule has 0 bridgehead atoms. The third-order valence-electron chi connectivity index (χ3n) is 4.31. The van der Waals surface area contributed by atoms with E-state index in [-0.39, 0.29) is 5.54 Å². The molecule has 0 aromatic heterocycles. The molecule has 1 unspecified atom stereocenters. The van der Waals surface area contributed by atoms with Crippen molar-refractivity contribution in [3.8, 4) is 0 Å². The molecule has 0 amide bonds. The predicted molar refractivity (Wildman–Crippen MR) is 74.4 cm³/mol. The molecule has 1 heterocycles. The van der Waals surface area contributed by atoms with Crippen LogP contribution in [0.5, 0.6) is 0 Å². The van der Waals surface area contributed by atoms with E-state index in [0.717, 1.165) is 0 Å². The van der Waals surface area contributed by atoms with Crippen LogP contribution in [0.25, 0.3) is 6.08 Å². The van der Waals surface area contributed by atoms with Crippen LogP contribution in [0.4, 0.5) is 5.69 Å². The van der Waals surface area contributed by atoms with E-state index < -0.39 is 0 Å². The minimum Gasteiger partial charge on any atom is -0.376 e. The van der Waals surface area contributed by atoms with E-state index in [4.69, 9.17) is 0 Å². The third-order valence-corrected chi connectivity index (χ3v) is 4.31. The van der Waals surface area contributed by atoms with Crippen LogP contribution in [0.2, 0.25) is 0 Å². The van der Waals surface area contributed by atoms with Gasteiger partial charge in [-0.3, -0.25) is 0 Å². The molecular weight excluding hydrogens is 206 g/mol. The van der Waals surface area contributed by atoms with E-state index in [1.165, 1.54) is 36.1 Å². The van der Waals surface area contributed by atoms with Crippen molar-refractivity contribution in [2.75, 3.05) is 5.32 Å². The normalized spacial score (nSPS) is 26.2. The van der Waals surface area contributed by atoms with Crippen molar-refractivity contribution in [2.45, 2.75) is 51.5 Å². The van der Waals surface area contributed by atoms with E-state index in [1.807, 2.05) is 0 Å². The fraction of sp³-hybridized carbons (Fsp3) is 0.500. The molecule has 1 N–H and O–H groups in total. The predicted octanol–water partition coefficient (Wildman–Crippen LogP) is 4.56. The molecule has 0 saturated heterocycles. The average molecular weight is 227 g/mol. The van der Waals surface area contributed by atoms with Gasteiger partial charge in [-0.25, -0.2) is 0 Å². The van der Waals surface area contributed by atoms with Crippen molar-refractivity contribution in [1.82, 2.24) is 0 Å². The Labute approximate surface area is 104 Å². The summed E-state index contributed by atoms with van der Waals surface area (Å²) >= 11 is 0. The van der Waals surface area contributed by atoms with Gasteiger partial charge in [-0.05, 0) is 60.9 Å². The lowest BCUT2D eigenvalue weighted by atomic mass is 9.87. The maximum Gasteiger partial charge on any atom is 0.0560 e. The Balaban J connectivity index is 2.06. The summed E-state index contributed by atoms with van der Waals surface area (Å²) in [5.74, 6) is 0.607. The molecule has 0 spiro atoms. The van der Waals surface area contributed by atoms with E-state index >= 15 is 0 Å². The summed E-state index contributed by atoms with van der Waals surface area (Å²) in [6.07, 6.45) is 6.27. The Morgan fingerprint density at radius 2 is 2.12 bits per heavy atom. The number of nitrogens with one attached hydrogen (secondary N) is 1. The highest BCUT2D eigenvalue weighted by Crippen LogP contribution is 2.43. The molecule has 0 radical (unpaired) electrons. The highest BCUT2D eigenvalue weighted by molar-refractivity contribution is 5.76. The fourth-order valence-electron chi connectivity index (χ4n) is 3.10. The summed E-state index contributed by atoms with van der Waals surface area (Å²) in [4.78, 5) is 0.